The first kappa shape index (κ1) is 20.4. The van der Waals surface area contributed by atoms with Crippen LogP contribution >= 0.6 is 0 Å². The van der Waals surface area contributed by atoms with Gasteiger partial charge in [-0.1, -0.05) is 73.5 Å². The maximum atomic E-state index is 2.42. The molecule has 1 unspecified atom stereocenters. The summed E-state index contributed by atoms with van der Waals surface area (Å²) in [6.45, 7) is 13.3. The van der Waals surface area contributed by atoms with Crippen molar-refractivity contribution in [3.8, 4) is 0 Å². The molecule has 0 amide bonds. The van der Waals surface area contributed by atoms with Crippen molar-refractivity contribution < 1.29 is 4.90 Å². The van der Waals surface area contributed by atoms with Crippen LogP contribution in [0.1, 0.15) is 48.2 Å². The lowest BCUT2D eigenvalue weighted by Crippen LogP contribution is -3.09. The molecule has 0 aliphatic heterocycles. The van der Waals surface area contributed by atoms with Crippen LogP contribution in [0.25, 0.3) is 0 Å². The third-order valence-corrected chi connectivity index (χ3v) is 5.40. The predicted octanol–water partition coefficient (Wildman–Crippen LogP) is 4.78. The summed E-state index contributed by atoms with van der Waals surface area (Å²) in [5.41, 5.74) is 6.92. The van der Waals surface area contributed by atoms with E-state index in [0.717, 1.165) is 25.6 Å². The fourth-order valence-electron chi connectivity index (χ4n) is 3.87. The van der Waals surface area contributed by atoms with Gasteiger partial charge in [0, 0.05) is 18.3 Å². The van der Waals surface area contributed by atoms with Crippen LogP contribution in [-0.2, 0) is 19.6 Å². The van der Waals surface area contributed by atoms with Gasteiger partial charge in [-0.25, -0.2) is 0 Å². The van der Waals surface area contributed by atoms with Gasteiger partial charge in [-0.3, -0.25) is 0 Å². The number of hydrogen-bond acceptors (Lipinski definition) is 0. The number of aromatic nitrogens is 1. The Balaban J connectivity index is 1.74. The Morgan fingerprint density at radius 3 is 2.18 bits per heavy atom. The molecule has 0 aliphatic carbocycles. The molecule has 3 aromatic rings. The molecule has 2 nitrogen and oxygen atoms in total. The predicted molar refractivity (Wildman–Crippen MR) is 119 cm³/mol. The number of nitrogens with zero attached hydrogens (tertiary/aromatic N) is 1. The molecule has 0 fully saturated rings. The molecule has 1 N–H and O–H groups in total. The van der Waals surface area contributed by atoms with Crippen LogP contribution in [0.5, 0.6) is 0 Å². The molecule has 1 aromatic heterocycles. The smallest absolute Gasteiger partial charge is 0.118 e. The molecule has 0 aliphatic rings. The van der Waals surface area contributed by atoms with E-state index in [2.05, 4.69) is 99.1 Å². The maximum Gasteiger partial charge on any atom is 0.118 e. The van der Waals surface area contributed by atoms with Crippen molar-refractivity contribution in [3.05, 3.63) is 94.8 Å². The average Bonchev–Trinajstić information content (AvgIpc) is 3.06. The number of hydrogen-bond donors (Lipinski definition) is 1. The average molecular weight is 376 g/mol. The highest BCUT2D eigenvalue weighted by atomic mass is 15.1. The van der Waals surface area contributed by atoms with Crippen molar-refractivity contribution in [2.45, 2.75) is 53.8 Å². The van der Waals surface area contributed by atoms with Gasteiger partial charge in [-0.05, 0) is 43.9 Å². The Labute approximate surface area is 170 Å². The van der Waals surface area contributed by atoms with Crippen molar-refractivity contribution in [2.75, 3.05) is 6.54 Å². The first-order valence-corrected chi connectivity index (χ1v) is 10.6. The Kier molecular flexibility index (Phi) is 7.11. The minimum atomic E-state index is 0.742. The largest absolute Gasteiger partial charge is 0.342 e. The van der Waals surface area contributed by atoms with E-state index >= 15 is 0 Å². The summed E-state index contributed by atoms with van der Waals surface area (Å²) < 4.78 is 2.42. The minimum Gasteiger partial charge on any atom is -0.342 e. The van der Waals surface area contributed by atoms with Gasteiger partial charge in [-0.15, -0.1) is 0 Å². The SMILES string of the molecule is Cc1cccc(Cn2cccc2C[NH+](CCC(C)C)Cc2cccc(C)c2)c1. The van der Waals surface area contributed by atoms with Crippen LogP contribution in [0.3, 0.4) is 0 Å². The second-order valence-corrected chi connectivity index (χ2v) is 8.64. The molecule has 148 valence electrons. The van der Waals surface area contributed by atoms with Gasteiger partial charge >= 0.3 is 0 Å². The summed E-state index contributed by atoms with van der Waals surface area (Å²) in [7, 11) is 0. The summed E-state index contributed by atoms with van der Waals surface area (Å²) in [5, 5.41) is 0. The fraction of sp³-hybridized carbons (Fsp3) is 0.385. The molecule has 0 saturated carbocycles. The molecule has 2 heteroatoms. The monoisotopic (exact) mass is 375 g/mol. The van der Waals surface area contributed by atoms with Crippen LogP contribution < -0.4 is 4.90 Å². The number of nitrogens with one attached hydrogen (secondary N) is 1. The molecular weight excluding hydrogens is 340 g/mol. The zero-order valence-electron chi connectivity index (χ0n) is 17.9. The second-order valence-electron chi connectivity index (χ2n) is 8.64. The third-order valence-electron chi connectivity index (χ3n) is 5.40. The van der Waals surface area contributed by atoms with Crippen molar-refractivity contribution >= 4 is 0 Å². The summed E-state index contributed by atoms with van der Waals surface area (Å²) in [5.74, 6) is 0.742. The first-order chi connectivity index (χ1) is 13.5. The third kappa shape index (κ3) is 6.10. The first-order valence-electron chi connectivity index (χ1n) is 10.6. The van der Waals surface area contributed by atoms with Crippen molar-refractivity contribution in [3.63, 3.8) is 0 Å². The quantitative estimate of drug-likeness (QED) is 0.551. The molecule has 1 atom stereocenters. The van der Waals surface area contributed by atoms with Gasteiger partial charge in [-0.2, -0.15) is 0 Å². The Morgan fingerprint density at radius 1 is 0.821 bits per heavy atom. The van der Waals surface area contributed by atoms with E-state index in [1.165, 1.54) is 40.9 Å². The summed E-state index contributed by atoms with van der Waals surface area (Å²) >= 11 is 0. The van der Waals surface area contributed by atoms with E-state index in [9.17, 15) is 0 Å². The van der Waals surface area contributed by atoms with Crippen LogP contribution in [0.15, 0.2) is 66.9 Å². The van der Waals surface area contributed by atoms with E-state index in [4.69, 9.17) is 0 Å². The minimum absolute atomic E-state index is 0.742. The van der Waals surface area contributed by atoms with Crippen LogP contribution in [0, 0.1) is 19.8 Å². The molecule has 1 heterocycles. The topological polar surface area (TPSA) is 9.37 Å². The molecule has 0 bridgehead atoms. The second kappa shape index (κ2) is 9.75. The highest BCUT2D eigenvalue weighted by Crippen LogP contribution is 2.10. The summed E-state index contributed by atoms with van der Waals surface area (Å²) in [6, 6.07) is 22.3. The lowest BCUT2D eigenvalue weighted by atomic mass is 10.1. The lowest BCUT2D eigenvalue weighted by Gasteiger charge is -2.22. The molecule has 0 radical (unpaired) electrons. The van der Waals surface area contributed by atoms with Crippen molar-refractivity contribution in [2.24, 2.45) is 5.92 Å². The molecule has 2 aromatic carbocycles. The van der Waals surface area contributed by atoms with Gasteiger partial charge in [0.25, 0.3) is 0 Å². The molecular formula is C26H35N2+. The molecule has 0 spiro atoms. The van der Waals surface area contributed by atoms with Gasteiger partial charge in [0.15, 0.2) is 0 Å². The molecule has 0 saturated heterocycles. The Bertz CT molecular complexity index is 875. The number of aryl methyl sites for hydroxylation is 2. The van der Waals surface area contributed by atoms with Crippen molar-refractivity contribution in [1.29, 1.82) is 0 Å². The van der Waals surface area contributed by atoms with E-state index in [1.807, 2.05) is 0 Å². The van der Waals surface area contributed by atoms with E-state index < -0.39 is 0 Å². The highest BCUT2D eigenvalue weighted by Gasteiger charge is 2.14. The zero-order chi connectivity index (χ0) is 19.9. The Hall–Kier alpha value is -2.32. The molecule has 3 rings (SSSR count). The lowest BCUT2D eigenvalue weighted by molar-refractivity contribution is -0.928. The van der Waals surface area contributed by atoms with E-state index in [0.29, 0.717) is 0 Å². The zero-order valence-corrected chi connectivity index (χ0v) is 17.9. The van der Waals surface area contributed by atoms with E-state index in [1.54, 1.807) is 4.90 Å². The number of quaternary nitrogens is 1. The van der Waals surface area contributed by atoms with Crippen LogP contribution in [0.4, 0.5) is 0 Å². The normalized spacial score (nSPS) is 12.5. The van der Waals surface area contributed by atoms with Gasteiger partial charge < -0.3 is 9.47 Å². The van der Waals surface area contributed by atoms with Gasteiger partial charge in [0.05, 0.1) is 12.2 Å². The fourth-order valence-corrected chi connectivity index (χ4v) is 3.87. The maximum absolute atomic E-state index is 2.42. The van der Waals surface area contributed by atoms with Gasteiger partial charge in [0.1, 0.15) is 13.1 Å². The standard InChI is InChI=1S/C26H34N2/c1-21(2)13-15-27(18-24-10-5-8-22(3)16-24)20-26-12-7-14-28(26)19-25-11-6-9-23(4)17-25/h5-12,14,16-17,21H,13,15,18-20H2,1-4H3/p+1. The summed E-state index contributed by atoms with van der Waals surface area (Å²) in [6.07, 6.45) is 3.49. The highest BCUT2D eigenvalue weighted by molar-refractivity contribution is 5.23. The van der Waals surface area contributed by atoms with Gasteiger partial charge in [0.2, 0.25) is 0 Å². The summed E-state index contributed by atoms with van der Waals surface area (Å²) in [4.78, 5) is 1.64. The molecule has 28 heavy (non-hydrogen) atoms. The van der Waals surface area contributed by atoms with Crippen molar-refractivity contribution in [1.82, 2.24) is 4.57 Å². The number of benzene rings is 2. The van der Waals surface area contributed by atoms with Crippen LogP contribution in [-0.4, -0.2) is 11.1 Å². The Morgan fingerprint density at radius 2 is 1.50 bits per heavy atom. The number of rotatable bonds is 9. The van der Waals surface area contributed by atoms with Crippen LogP contribution in [0.2, 0.25) is 0 Å². The van der Waals surface area contributed by atoms with E-state index in [-0.39, 0.29) is 0 Å².